The maximum Gasteiger partial charge on any atom is 0.433 e. The lowest BCUT2D eigenvalue weighted by Gasteiger charge is -2.06. The van der Waals surface area contributed by atoms with E-state index in [0.29, 0.717) is 0 Å². The highest BCUT2D eigenvalue weighted by Crippen LogP contribution is 2.26. The number of esters is 1. The van der Waals surface area contributed by atoms with E-state index in [1.165, 1.54) is 12.1 Å². The van der Waals surface area contributed by atoms with Crippen molar-refractivity contribution >= 4 is 17.9 Å². The van der Waals surface area contributed by atoms with Crippen molar-refractivity contribution in [3.8, 4) is 0 Å². The Morgan fingerprint density at radius 3 is 2.33 bits per heavy atom. The van der Waals surface area contributed by atoms with Gasteiger partial charge in [0.1, 0.15) is 0 Å². The number of rotatable bonds is 4. The molecule has 0 atom stereocenters. The largest absolute Gasteiger partial charge is 0.466 e. The molecular weight excluding hydrogens is 293 g/mol. The van der Waals surface area contributed by atoms with Crippen molar-refractivity contribution in [2.45, 2.75) is 6.18 Å². The van der Waals surface area contributed by atoms with Gasteiger partial charge in [-0.3, -0.25) is 15.1 Å². The van der Waals surface area contributed by atoms with Crippen molar-refractivity contribution in [2.24, 2.45) is 4.99 Å². The number of nitro benzene ring substituents is 1. The normalized spacial score (nSPS) is 12.5. The molecule has 1 aromatic rings. The fraction of sp³-hybridized carbons (Fsp3) is 0.167. The van der Waals surface area contributed by atoms with Gasteiger partial charge in [-0.15, -0.1) is 0 Å². The number of nitrogens with zero attached hydrogens (tertiary/aromatic N) is 2. The molecule has 6 nitrogen and oxygen atoms in total. The van der Waals surface area contributed by atoms with Crippen LogP contribution in [0.5, 0.6) is 0 Å². The minimum atomic E-state index is -4.83. The molecule has 112 valence electrons. The van der Waals surface area contributed by atoms with Crippen molar-refractivity contribution in [3.63, 3.8) is 0 Å². The summed E-state index contributed by atoms with van der Waals surface area (Å²) < 4.78 is 41.9. The third kappa shape index (κ3) is 5.05. The van der Waals surface area contributed by atoms with E-state index in [1.54, 1.807) is 0 Å². The van der Waals surface area contributed by atoms with Crippen molar-refractivity contribution in [1.29, 1.82) is 0 Å². The second-order valence-corrected chi connectivity index (χ2v) is 3.66. The Bertz CT molecular complexity index is 592. The summed E-state index contributed by atoms with van der Waals surface area (Å²) in [6.07, 6.45) is -3.78. The van der Waals surface area contributed by atoms with Crippen molar-refractivity contribution in [1.82, 2.24) is 0 Å². The first-order valence-electron chi connectivity index (χ1n) is 5.39. The van der Waals surface area contributed by atoms with Gasteiger partial charge >= 0.3 is 12.1 Å². The SMILES string of the molecule is COC(=O)/C=C(\N=Cc1ccc([N+](=O)[O-])cc1)C(F)(F)F. The second kappa shape index (κ2) is 6.64. The van der Waals surface area contributed by atoms with Gasteiger partial charge < -0.3 is 4.74 Å². The summed E-state index contributed by atoms with van der Waals surface area (Å²) in [5.41, 5.74) is -1.43. The summed E-state index contributed by atoms with van der Waals surface area (Å²) in [7, 11) is 0.937. The minimum absolute atomic E-state index is 0.201. The van der Waals surface area contributed by atoms with Crippen LogP contribution >= 0.6 is 0 Å². The lowest BCUT2D eigenvalue weighted by atomic mass is 10.2. The molecule has 0 aliphatic heterocycles. The van der Waals surface area contributed by atoms with E-state index in [0.717, 1.165) is 25.5 Å². The molecule has 0 aliphatic carbocycles. The molecule has 1 rings (SSSR count). The number of alkyl halides is 3. The van der Waals surface area contributed by atoms with Crippen molar-refractivity contribution in [3.05, 3.63) is 51.7 Å². The molecule has 21 heavy (non-hydrogen) atoms. The smallest absolute Gasteiger partial charge is 0.433 e. The van der Waals surface area contributed by atoms with E-state index in [4.69, 9.17) is 0 Å². The van der Waals surface area contributed by atoms with Crippen molar-refractivity contribution < 1.29 is 27.6 Å². The van der Waals surface area contributed by atoms with Crippen LogP contribution in [-0.2, 0) is 9.53 Å². The van der Waals surface area contributed by atoms with Crippen LogP contribution in [0.4, 0.5) is 18.9 Å². The molecule has 9 heteroatoms. The van der Waals surface area contributed by atoms with Crippen molar-refractivity contribution in [2.75, 3.05) is 7.11 Å². The molecule has 0 amide bonds. The lowest BCUT2D eigenvalue weighted by Crippen LogP contribution is -2.13. The van der Waals surface area contributed by atoms with Gasteiger partial charge in [0.15, 0.2) is 5.70 Å². The van der Waals surface area contributed by atoms with Crippen LogP contribution in [0, 0.1) is 10.1 Å². The number of halogens is 3. The van der Waals surface area contributed by atoms with E-state index >= 15 is 0 Å². The number of hydrogen-bond donors (Lipinski definition) is 0. The quantitative estimate of drug-likeness (QED) is 0.281. The molecule has 0 aromatic heterocycles. The van der Waals surface area contributed by atoms with Crippen LogP contribution in [0.15, 0.2) is 41.0 Å². The Morgan fingerprint density at radius 2 is 1.90 bits per heavy atom. The molecule has 0 N–H and O–H groups in total. The van der Waals surface area contributed by atoms with Gasteiger partial charge in [-0.25, -0.2) is 4.79 Å². The topological polar surface area (TPSA) is 81.8 Å². The molecular formula is C12H9F3N2O4. The summed E-state index contributed by atoms with van der Waals surface area (Å²) in [5, 5.41) is 10.4. The molecule has 0 fully saturated rings. The monoisotopic (exact) mass is 302 g/mol. The van der Waals surface area contributed by atoms with E-state index in [9.17, 15) is 28.1 Å². The predicted molar refractivity (Wildman–Crippen MR) is 66.8 cm³/mol. The summed E-state index contributed by atoms with van der Waals surface area (Å²) in [6, 6.07) is 4.71. The Hall–Kier alpha value is -2.71. The molecule has 0 saturated carbocycles. The number of carbonyl (C=O) groups is 1. The van der Waals surface area contributed by atoms with Gasteiger partial charge in [0, 0.05) is 18.3 Å². The Balaban J connectivity index is 3.00. The van der Waals surface area contributed by atoms with Crippen LogP contribution in [-0.4, -0.2) is 30.4 Å². The standard InChI is InChI=1S/C12H9F3N2O4/c1-21-11(18)6-10(12(13,14)15)16-7-8-2-4-9(5-3-8)17(19)20/h2-7H,1H3/b10-6-,16-7?. The molecule has 0 bridgehead atoms. The average molecular weight is 302 g/mol. The second-order valence-electron chi connectivity index (χ2n) is 3.66. The zero-order chi connectivity index (χ0) is 16.0. The highest BCUT2D eigenvalue weighted by atomic mass is 19.4. The number of hydrogen-bond acceptors (Lipinski definition) is 5. The van der Waals surface area contributed by atoms with Crippen LogP contribution in [0.25, 0.3) is 0 Å². The summed E-state index contributed by atoms with van der Waals surface area (Å²) in [4.78, 5) is 23.8. The van der Waals surface area contributed by atoms with E-state index in [-0.39, 0.29) is 17.3 Å². The number of aliphatic imine (C=N–C) groups is 1. The Labute approximate surface area is 116 Å². The van der Waals surface area contributed by atoms with E-state index in [2.05, 4.69) is 9.73 Å². The van der Waals surface area contributed by atoms with Gasteiger partial charge in [-0.05, 0) is 17.7 Å². The lowest BCUT2D eigenvalue weighted by molar-refractivity contribution is -0.384. The molecule has 0 unspecified atom stereocenters. The zero-order valence-electron chi connectivity index (χ0n) is 10.6. The summed E-state index contributed by atoms with van der Waals surface area (Å²) >= 11 is 0. The van der Waals surface area contributed by atoms with Gasteiger partial charge in [0.2, 0.25) is 0 Å². The number of carbonyl (C=O) groups excluding carboxylic acids is 1. The maximum absolute atomic E-state index is 12.6. The molecule has 1 aromatic carbocycles. The summed E-state index contributed by atoms with van der Waals surface area (Å²) in [5.74, 6) is -1.19. The Kier molecular flexibility index (Phi) is 5.17. The highest BCUT2D eigenvalue weighted by Gasteiger charge is 2.34. The third-order valence-electron chi connectivity index (χ3n) is 2.20. The maximum atomic E-state index is 12.6. The van der Waals surface area contributed by atoms with Crippen LogP contribution in [0.1, 0.15) is 5.56 Å². The molecule has 0 aliphatic rings. The summed E-state index contributed by atoms with van der Waals surface area (Å²) in [6.45, 7) is 0. The number of ether oxygens (including phenoxy) is 1. The highest BCUT2D eigenvalue weighted by molar-refractivity contribution is 5.85. The van der Waals surface area contributed by atoms with Gasteiger partial charge in [-0.2, -0.15) is 13.2 Å². The number of methoxy groups -OCH3 is 1. The number of non-ortho nitro benzene ring substituents is 1. The molecule has 0 radical (unpaired) electrons. The van der Waals surface area contributed by atoms with Crippen LogP contribution < -0.4 is 0 Å². The fourth-order valence-electron chi connectivity index (χ4n) is 1.19. The zero-order valence-corrected chi connectivity index (χ0v) is 10.6. The van der Waals surface area contributed by atoms with Gasteiger partial charge in [0.25, 0.3) is 5.69 Å². The first-order valence-corrected chi connectivity index (χ1v) is 5.39. The predicted octanol–water partition coefficient (Wildman–Crippen LogP) is 2.63. The number of benzene rings is 1. The molecule has 0 spiro atoms. The third-order valence-corrected chi connectivity index (χ3v) is 2.20. The van der Waals surface area contributed by atoms with E-state index < -0.39 is 22.8 Å². The van der Waals surface area contributed by atoms with Gasteiger partial charge in [0.05, 0.1) is 18.1 Å². The van der Waals surface area contributed by atoms with Crippen LogP contribution in [0.3, 0.4) is 0 Å². The number of allylic oxidation sites excluding steroid dienone is 1. The molecule has 0 saturated heterocycles. The first-order chi connectivity index (χ1) is 9.74. The average Bonchev–Trinajstić information content (AvgIpc) is 2.42. The first kappa shape index (κ1) is 16.3. The van der Waals surface area contributed by atoms with Gasteiger partial charge in [-0.1, -0.05) is 0 Å². The Morgan fingerprint density at radius 1 is 1.33 bits per heavy atom. The molecule has 0 heterocycles. The fourth-order valence-corrected chi connectivity index (χ4v) is 1.19. The van der Waals surface area contributed by atoms with Crippen LogP contribution in [0.2, 0.25) is 0 Å². The van der Waals surface area contributed by atoms with E-state index in [1.807, 2.05) is 0 Å². The minimum Gasteiger partial charge on any atom is -0.466 e. The number of nitro groups is 1.